The fourth-order valence-corrected chi connectivity index (χ4v) is 4.39. The fraction of sp³-hybridized carbons (Fsp3) is 0.500. The number of hydrogen-bond acceptors (Lipinski definition) is 7. The molecule has 3 N–H and O–H groups in total. The molecule has 0 bridgehead atoms. The van der Waals surface area contributed by atoms with Gasteiger partial charge in [-0.15, -0.1) is 0 Å². The minimum absolute atomic E-state index is 0.172. The van der Waals surface area contributed by atoms with Crippen LogP contribution in [0.5, 0.6) is 0 Å². The SMILES string of the molecule is COCCOC1CN(c2ncc(C(=O)O)s2)CCC1NC(=O)c1[nH]c(C)c(Cl)c1Cl. The lowest BCUT2D eigenvalue weighted by Crippen LogP contribution is -2.55. The van der Waals surface area contributed by atoms with Gasteiger partial charge in [0, 0.05) is 25.9 Å². The van der Waals surface area contributed by atoms with E-state index in [2.05, 4.69) is 15.3 Å². The second kappa shape index (κ2) is 9.97. The number of nitrogens with one attached hydrogen (secondary N) is 2. The molecule has 1 amide bonds. The molecule has 0 radical (unpaired) electrons. The van der Waals surface area contributed by atoms with Crippen molar-refractivity contribution in [2.24, 2.45) is 0 Å². The third kappa shape index (κ3) is 5.06. The number of thiazole rings is 1. The van der Waals surface area contributed by atoms with Gasteiger partial charge < -0.3 is 29.8 Å². The van der Waals surface area contributed by atoms with Crippen LogP contribution in [0.2, 0.25) is 10.0 Å². The number of H-pyrrole nitrogens is 1. The second-order valence-electron chi connectivity index (χ2n) is 6.78. The summed E-state index contributed by atoms with van der Waals surface area (Å²) in [6.45, 7) is 3.53. The highest BCUT2D eigenvalue weighted by Crippen LogP contribution is 2.30. The van der Waals surface area contributed by atoms with Crippen molar-refractivity contribution in [2.75, 3.05) is 38.3 Å². The van der Waals surface area contributed by atoms with Crippen molar-refractivity contribution >= 4 is 51.5 Å². The lowest BCUT2D eigenvalue weighted by Gasteiger charge is -2.38. The summed E-state index contributed by atoms with van der Waals surface area (Å²) in [4.78, 5) is 33.1. The average molecular weight is 477 g/mol. The van der Waals surface area contributed by atoms with Gasteiger partial charge in [0.15, 0.2) is 5.13 Å². The Labute approximate surface area is 187 Å². The van der Waals surface area contributed by atoms with E-state index >= 15 is 0 Å². The molecule has 0 aliphatic carbocycles. The number of aromatic nitrogens is 2. The first-order valence-corrected chi connectivity index (χ1v) is 10.8. The van der Waals surface area contributed by atoms with Crippen LogP contribution in [0.15, 0.2) is 6.20 Å². The molecule has 9 nitrogen and oxygen atoms in total. The van der Waals surface area contributed by atoms with Gasteiger partial charge in [0.1, 0.15) is 10.6 Å². The standard InChI is InChI=1S/C18H22Cl2N4O5S/c1-9-13(19)14(20)15(22-9)16(25)23-10-3-4-24(8-11(10)29-6-5-28-2)18-21-7-12(30-18)17(26)27/h7,10-11,22H,3-6,8H2,1-2H3,(H,23,25)(H,26,27). The number of hydrogen-bond donors (Lipinski definition) is 3. The Hall–Kier alpha value is -1.85. The summed E-state index contributed by atoms with van der Waals surface area (Å²) >= 11 is 13.3. The topological polar surface area (TPSA) is 117 Å². The number of anilines is 1. The molecule has 12 heteroatoms. The number of aromatic carboxylic acids is 1. The van der Waals surface area contributed by atoms with Crippen LogP contribution in [0.3, 0.4) is 0 Å². The summed E-state index contributed by atoms with van der Waals surface area (Å²) in [5, 5.41) is 13.2. The number of aromatic amines is 1. The maximum atomic E-state index is 12.7. The predicted octanol–water partition coefficient (Wildman–Crippen LogP) is 2.82. The molecular formula is C18H22Cl2N4O5S. The summed E-state index contributed by atoms with van der Waals surface area (Å²) < 4.78 is 11.0. The number of halogens is 2. The number of piperidine rings is 1. The summed E-state index contributed by atoms with van der Waals surface area (Å²) in [5.41, 5.74) is 0.829. The van der Waals surface area contributed by atoms with Crippen LogP contribution in [-0.2, 0) is 9.47 Å². The Morgan fingerprint density at radius 3 is 2.77 bits per heavy atom. The number of aryl methyl sites for hydroxylation is 1. The van der Waals surface area contributed by atoms with Crippen molar-refractivity contribution in [1.29, 1.82) is 0 Å². The molecule has 1 aliphatic rings. The van der Waals surface area contributed by atoms with E-state index < -0.39 is 5.97 Å². The van der Waals surface area contributed by atoms with Gasteiger partial charge in [-0.3, -0.25) is 4.79 Å². The van der Waals surface area contributed by atoms with Gasteiger partial charge >= 0.3 is 5.97 Å². The Morgan fingerprint density at radius 2 is 2.17 bits per heavy atom. The quantitative estimate of drug-likeness (QED) is 0.501. The molecule has 1 aliphatic heterocycles. The highest BCUT2D eigenvalue weighted by Gasteiger charge is 2.33. The van der Waals surface area contributed by atoms with E-state index in [1.165, 1.54) is 6.20 Å². The van der Waals surface area contributed by atoms with E-state index in [9.17, 15) is 9.59 Å². The molecule has 0 spiro atoms. The number of carboxylic acids is 1. The zero-order valence-electron chi connectivity index (χ0n) is 16.4. The number of carbonyl (C=O) groups is 2. The summed E-state index contributed by atoms with van der Waals surface area (Å²) in [5.74, 6) is -1.37. The summed E-state index contributed by atoms with van der Waals surface area (Å²) in [6, 6.07) is -0.275. The number of carbonyl (C=O) groups excluding carboxylic acids is 1. The van der Waals surface area contributed by atoms with Gasteiger partial charge in [0.2, 0.25) is 0 Å². The molecule has 0 aromatic carbocycles. The predicted molar refractivity (Wildman–Crippen MR) is 114 cm³/mol. The number of carboxylic acid groups (broad SMARTS) is 1. The maximum Gasteiger partial charge on any atom is 0.347 e. The Morgan fingerprint density at radius 1 is 1.40 bits per heavy atom. The average Bonchev–Trinajstić information content (AvgIpc) is 3.31. The highest BCUT2D eigenvalue weighted by molar-refractivity contribution is 7.17. The first kappa shape index (κ1) is 22.8. The number of ether oxygens (including phenoxy) is 2. The Balaban J connectivity index is 1.72. The first-order chi connectivity index (χ1) is 14.3. The molecule has 2 aromatic heterocycles. The van der Waals surface area contributed by atoms with Crippen LogP contribution in [0.1, 0.15) is 32.3 Å². The van der Waals surface area contributed by atoms with E-state index in [1.807, 2.05) is 4.90 Å². The van der Waals surface area contributed by atoms with E-state index in [0.717, 1.165) is 11.3 Å². The van der Waals surface area contributed by atoms with Crippen molar-refractivity contribution in [3.8, 4) is 0 Å². The summed E-state index contributed by atoms with van der Waals surface area (Å²) in [6.07, 6.45) is 1.58. The monoisotopic (exact) mass is 476 g/mol. The lowest BCUT2D eigenvalue weighted by atomic mass is 10.0. The highest BCUT2D eigenvalue weighted by atomic mass is 35.5. The molecule has 1 saturated heterocycles. The van der Waals surface area contributed by atoms with Crippen LogP contribution < -0.4 is 10.2 Å². The minimum atomic E-state index is -1.01. The zero-order valence-corrected chi connectivity index (χ0v) is 18.7. The largest absolute Gasteiger partial charge is 0.477 e. The van der Waals surface area contributed by atoms with Crippen LogP contribution in [0.4, 0.5) is 5.13 Å². The second-order valence-corrected chi connectivity index (χ2v) is 8.55. The van der Waals surface area contributed by atoms with Gasteiger partial charge in [0.05, 0.1) is 41.6 Å². The molecule has 3 rings (SSSR count). The molecule has 1 fully saturated rings. The van der Waals surface area contributed by atoms with Crippen LogP contribution >= 0.6 is 34.5 Å². The van der Waals surface area contributed by atoms with Crippen molar-refractivity contribution in [3.05, 3.63) is 32.5 Å². The van der Waals surface area contributed by atoms with Gasteiger partial charge in [-0.1, -0.05) is 34.5 Å². The van der Waals surface area contributed by atoms with Gasteiger partial charge in [0.25, 0.3) is 5.91 Å². The Bertz CT molecular complexity index is 919. The normalized spacial score (nSPS) is 19.1. The molecule has 0 saturated carbocycles. The number of nitrogens with zero attached hydrogens (tertiary/aromatic N) is 2. The number of methoxy groups -OCH3 is 1. The fourth-order valence-electron chi connectivity index (χ4n) is 3.19. The van der Waals surface area contributed by atoms with Gasteiger partial charge in [-0.05, 0) is 13.3 Å². The van der Waals surface area contributed by atoms with E-state index in [-0.39, 0.29) is 33.6 Å². The van der Waals surface area contributed by atoms with E-state index in [0.29, 0.717) is 48.6 Å². The molecule has 2 atom stereocenters. The molecule has 3 heterocycles. The van der Waals surface area contributed by atoms with Crippen LogP contribution in [0.25, 0.3) is 0 Å². The molecule has 2 unspecified atom stereocenters. The molecular weight excluding hydrogens is 455 g/mol. The third-order valence-electron chi connectivity index (χ3n) is 4.75. The number of rotatable bonds is 8. The molecule has 30 heavy (non-hydrogen) atoms. The first-order valence-electron chi connectivity index (χ1n) is 9.20. The minimum Gasteiger partial charge on any atom is -0.477 e. The third-order valence-corrected chi connectivity index (χ3v) is 6.74. The smallest absolute Gasteiger partial charge is 0.347 e. The maximum absolute atomic E-state index is 12.7. The van der Waals surface area contributed by atoms with Gasteiger partial charge in [-0.25, -0.2) is 9.78 Å². The van der Waals surface area contributed by atoms with Gasteiger partial charge in [-0.2, -0.15) is 0 Å². The molecule has 164 valence electrons. The van der Waals surface area contributed by atoms with E-state index in [4.69, 9.17) is 37.8 Å². The molecule has 2 aromatic rings. The number of amides is 1. The van der Waals surface area contributed by atoms with Crippen LogP contribution in [-0.4, -0.2) is 72.5 Å². The lowest BCUT2D eigenvalue weighted by molar-refractivity contribution is -0.00498. The van der Waals surface area contributed by atoms with Crippen molar-refractivity contribution < 1.29 is 24.2 Å². The zero-order chi connectivity index (χ0) is 21.8. The van der Waals surface area contributed by atoms with E-state index in [1.54, 1.807) is 14.0 Å². The van der Waals surface area contributed by atoms with Crippen LogP contribution in [0, 0.1) is 6.92 Å². The Kier molecular flexibility index (Phi) is 7.59. The summed E-state index contributed by atoms with van der Waals surface area (Å²) in [7, 11) is 1.58. The van der Waals surface area contributed by atoms with Crippen molar-refractivity contribution in [2.45, 2.75) is 25.5 Å². The van der Waals surface area contributed by atoms with Crippen molar-refractivity contribution in [1.82, 2.24) is 15.3 Å². The van der Waals surface area contributed by atoms with Crippen molar-refractivity contribution in [3.63, 3.8) is 0 Å².